The minimum Gasteiger partial charge on any atom is -0.143 e. The molecule has 0 aliphatic rings. The Morgan fingerprint density at radius 3 is 2.50 bits per heavy atom. The summed E-state index contributed by atoms with van der Waals surface area (Å²) in [5, 5.41) is 4.90. The lowest BCUT2D eigenvalue weighted by molar-refractivity contribution is 1.83. The second-order valence-corrected chi connectivity index (χ2v) is 6.73. The Labute approximate surface area is 125 Å². The molecule has 2 heterocycles. The van der Waals surface area contributed by atoms with E-state index in [0.717, 1.165) is 0 Å². The van der Waals surface area contributed by atoms with Crippen molar-refractivity contribution >= 4 is 55.0 Å². The minimum absolute atomic E-state index is 1.31. The zero-order valence-corrected chi connectivity index (χ0v) is 12.4. The first-order valence-corrected chi connectivity index (χ1v) is 8.23. The molecule has 2 heteroatoms. The Morgan fingerprint density at radius 1 is 0.800 bits per heavy atom. The number of hydrogen-bond acceptors (Lipinski definition) is 2. The van der Waals surface area contributed by atoms with Crippen molar-refractivity contribution in [3.05, 3.63) is 70.4 Å². The summed E-state index contributed by atoms with van der Waals surface area (Å²) in [6.07, 6.45) is 4.45. The lowest BCUT2D eigenvalue weighted by Crippen LogP contribution is -1.67. The Balaban J connectivity index is 1.74. The van der Waals surface area contributed by atoms with Crippen LogP contribution in [0.15, 0.2) is 60.0 Å². The van der Waals surface area contributed by atoms with Crippen molar-refractivity contribution in [1.29, 1.82) is 0 Å². The predicted octanol–water partition coefficient (Wildman–Crippen LogP) is 6.29. The van der Waals surface area contributed by atoms with Crippen molar-refractivity contribution in [3.63, 3.8) is 0 Å². The highest BCUT2D eigenvalue weighted by Crippen LogP contribution is 2.29. The van der Waals surface area contributed by atoms with Gasteiger partial charge in [0.1, 0.15) is 0 Å². The third-order valence-corrected chi connectivity index (χ3v) is 5.45. The molecule has 0 fully saturated rings. The molecule has 2 aromatic carbocycles. The van der Waals surface area contributed by atoms with Crippen molar-refractivity contribution in [3.8, 4) is 0 Å². The van der Waals surface area contributed by atoms with Crippen LogP contribution in [0.3, 0.4) is 0 Å². The number of benzene rings is 2. The average Bonchev–Trinajstić information content (AvgIpc) is 3.08. The summed E-state index contributed by atoms with van der Waals surface area (Å²) >= 11 is 3.65. The molecule has 96 valence electrons. The van der Waals surface area contributed by atoms with Gasteiger partial charge < -0.3 is 0 Å². The first-order chi connectivity index (χ1) is 9.90. The summed E-state index contributed by atoms with van der Waals surface area (Å²) < 4.78 is 2.70. The third kappa shape index (κ3) is 2.07. The smallest absolute Gasteiger partial charge is 0.0349 e. The van der Waals surface area contributed by atoms with Crippen molar-refractivity contribution in [2.75, 3.05) is 0 Å². The van der Waals surface area contributed by atoms with E-state index in [0.29, 0.717) is 0 Å². The molecule has 4 aromatic rings. The van der Waals surface area contributed by atoms with Crippen LogP contribution in [0.2, 0.25) is 0 Å². The molecule has 0 spiro atoms. The second-order valence-electron chi connectivity index (χ2n) is 4.71. The lowest BCUT2D eigenvalue weighted by atomic mass is 10.1. The molecule has 0 nitrogen and oxygen atoms in total. The van der Waals surface area contributed by atoms with Crippen LogP contribution in [0, 0.1) is 0 Å². The normalized spacial score (nSPS) is 11.8. The van der Waals surface area contributed by atoms with Gasteiger partial charge in [0.05, 0.1) is 0 Å². The van der Waals surface area contributed by atoms with E-state index in [4.69, 9.17) is 0 Å². The molecule has 0 N–H and O–H groups in total. The molecule has 20 heavy (non-hydrogen) atoms. The Hall–Kier alpha value is -1.90. The van der Waals surface area contributed by atoms with E-state index in [-0.39, 0.29) is 0 Å². The molecule has 4 rings (SSSR count). The Bertz CT molecular complexity index is 876. The van der Waals surface area contributed by atoms with Crippen molar-refractivity contribution in [2.45, 2.75) is 0 Å². The van der Waals surface area contributed by atoms with Gasteiger partial charge in [-0.05, 0) is 46.0 Å². The summed E-state index contributed by atoms with van der Waals surface area (Å²) in [7, 11) is 0. The fourth-order valence-electron chi connectivity index (χ4n) is 2.38. The Kier molecular flexibility index (Phi) is 2.91. The fraction of sp³-hybridized carbons (Fsp3) is 0. The topological polar surface area (TPSA) is 0 Å². The highest BCUT2D eigenvalue weighted by Gasteiger charge is 2.01. The van der Waals surface area contributed by atoms with Gasteiger partial charge in [-0.1, -0.05) is 42.5 Å². The van der Waals surface area contributed by atoms with E-state index in [1.54, 1.807) is 11.3 Å². The van der Waals surface area contributed by atoms with E-state index in [2.05, 4.69) is 72.1 Å². The van der Waals surface area contributed by atoms with Gasteiger partial charge in [0.25, 0.3) is 0 Å². The van der Waals surface area contributed by atoms with Gasteiger partial charge in [-0.25, -0.2) is 0 Å². The monoisotopic (exact) mass is 292 g/mol. The van der Waals surface area contributed by atoms with E-state index in [9.17, 15) is 0 Å². The molecule has 0 atom stereocenters. The van der Waals surface area contributed by atoms with Crippen LogP contribution in [0.4, 0.5) is 0 Å². The highest BCUT2D eigenvalue weighted by atomic mass is 32.1. The van der Waals surface area contributed by atoms with Crippen molar-refractivity contribution in [2.24, 2.45) is 0 Å². The van der Waals surface area contributed by atoms with Gasteiger partial charge in [-0.3, -0.25) is 0 Å². The Morgan fingerprint density at radius 2 is 1.60 bits per heavy atom. The zero-order chi connectivity index (χ0) is 13.4. The maximum atomic E-state index is 2.26. The molecule has 0 radical (unpaired) electrons. The van der Waals surface area contributed by atoms with E-state index >= 15 is 0 Å². The number of thiophene rings is 2. The molecule has 0 aliphatic heterocycles. The van der Waals surface area contributed by atoms with Gasteiger partial charge >= 0.3 is 0 Å². The fourth-order valence-corrected chi connectivity index (χ4v) is 4.28. The van der Waals surface area contributed by atoms with Gasteiger partial charge in [0.15, 0.2) is 0 Å². The van der Waals surface area contributed by atoms with Gasteiger partial charge in [0, 0.05) is 14.3 Å². The first-order valence-electron chi connectivity index (χ1n) is 6.53. The van der Waals surface area contributed by atoms with Crippen LogP contribution in [0.1, 0.15) is 10.4 Å². The van der Waals surface area contributed by atoms with Gasteiger partial charge in [-0.2, -0.15) is 0 Å². The van der Waals surface area contributed by atoms with Crippen LogP contribution < -0.4 is 0 Å². The molecule has 0 saturated heterocycles. The van der Waals surface area contributed by atoms with Crippen LogP contribution in [-0.2, 0) is 0 Å². The minimum atomic E-state index is 1.31. The van der Waals surface area contributed by atoms with Crippen LogP contribution in [-0.4, -0.2) is 0 Å². The van der Waals surface area contributed by atoms with Crippen molar-refractivity contribution < 1.29 is 0 Å². The quantitative estimate of drug-likeness (QED) is 0.407. The molecule has 2 aromatic heterocycles. The van der Waals surface area contributed by atoms with E-state index in [1.165, 1.54) is 30.6 Å². The maximum absolute atomic E-state index is 2.26. The second kappa shape index (κ2) is 4.89. The molecule has 0 bridgehead atoms. The van der Waals surface area contributed by atoms with Crippen LogP contribution in [0.5, 0.6) is 0 Å². The number of rotatable bonds is 2. The van der Waals surface area contributed by atoms with Gasteiger partial charge in [0.2, 0.25) is 0 Å². The summed E-state index contributed by atoms with van der Waals surface area (Å²) in [5.74, 6) is 0. The predicted molar refractivity (Wildman–Crippen MR) is 92.6 cm³/mol. The van der Waals surface area contributed by atoms with Crippen molar-refractivity contribution in [1.82, 2.24) is 0 Å². The molecular formula is C18H12S2. The SMILES string of the molecule is C(=C\c1csc2ccccc12)/c1cc2ccccc2s1. The number of fused-ring (bicyclic) bond motifs is 2. The lowest BCUT2D eigenvalue weighted by Gasteiger charge is -1.90. The standard InChI is InChI=1S/C18H12S2/c1-3-7-17-13(5-1)11-15(20-17)10-9-14-12-19-18-8-4-2-6-16(14)18/h1-12H/b10-9+. The highest BCUT2D eigenvalue weighted by molar-refractivity contribution is 7.20. The molecule has 0 amide bonds. The summed E-state index contributed by atoms with van der Waals surface area (Å²) in [6, 6.07) is 19.4. The van der Waals surface area contributed by atoms with Crippen LogP contribution >= 0.6 is 22.7 Å². The maximum Gasteiger partial charge on any atom is 0.0349 e. The summed E-state index contributed by atoms with van der Waals surface area (Å²) in [4.78, 5) is 1.31. The molecule has 0 saturated carbocycles. The molecule has 0 unspecified atom stereocenters. The average molecular weight is 292 g/mol. The summed E-state index contributed by atoms with van der Waals surface area (Å²) in [5.41, 5.74) is 1.31. The number of hydrogen-bond donors (Lipinski definition) is 0. The van der Waals surface area contributed by atoms with Gasteiger partial charge in [-0.15, -0.1) is 22.7 Å². The third-order valence-electron chi connectivity index (χ3n) is 3.38. The summed E-state index contributed by atoms with van der Waals surface area (Å²) in [6.45, 7) is 0. The first kappa shape index (κ1) is 11.9. The molecule has 0 aliphatic carbocycles. The zero-order valence-electron chi connectivity index (χ0n) is 10.7. The largest absolute Gasteiger partial charge is 0.143 e. The van der Waals surface area contributed by atoms with E-state index in [1.807, 2.05) is 11.3 Å². The molecular weight excluding hydrogens is 280 g/mol. The van der Waals surface area contributed by atoms with E-state index < -0.39 is 0 Å². The van der Waals surface area contributed by atoms with Crippen LogP contribution in [0.25, 0.3) is 32.3 Å².